The Balaban J connectivity index is 0.00000274. The van der Waals surface area contributed by atoms with Crippen molar-refractivity contribution < 1.29 is 18.5 Å². The maximum absolute atomic E-state index is 13.3. The Labute approximate surface area is 204 Å². The normalized spacial score (nSPS) is 18.9. The molecule has 0 radical (unpaired) electrons. The molecular formula is C27H28ClFN2O3. The van der Waals surface area contributed by atoms with Crippen LogP contribution in [0, 0.1) is 17.7 Å². The zero-order valence-corrected chi connectivity index (χ0v) is 19.7. The molecule has 1 unspecified atom stereocenters. The number of rotatable bonds is 6. The average molecular weight is 483 g/mol. The van der Waals surface area contributed by atoms with E-state index in [1.807, 2.05) is 30.3 Å². The van der Waals surface area contributed by atoms with Gasteiger partial charge < -0.3 is 9.42 Å². The number of hydrogen-bond acceptors (Lipinski definition) is 5. The zero-order chi connectivity index (χ0) is 22.8. The van der Waals surface area contributed by atoms with E-state index in [1.165, 1.54) is 12.1 Å². The van der Waals surface area contributed by atoms with Gasteiger partial charge in [-0.25, -0.2) is 4.39 Å². The molecule has 3 aromatic rings. The molecule has 2 heterocycles. The molecule has 1 aliphatic heterocycles. The van der Waals surface area contributed by atoms with Crippen molar-refractivity contribution in [2.45, 2.75) is 32.1 Å². The summed E-state index contributed by atoms with van der Waals surface area (Å²) in [5, 5.41) is 4.20. The molecule has 1 aliphatic carbocycles. The standard InChI is InChI=1S/C27H27FN2O3.ClH/c28-22-9-6-19(7-10-22)26(31)21-13-16-30(17-14-21)15-12-20-8-11-23-24(27(20)32)25(29-33-23)18-4-2-1-3-5-18;/h1-7,9-10,20-21H,8,11-17H2;1H. The Morgan fingerprint density at radius 1 is 1.03 bits per heavy atom. The van der Waals surface area contributed by atoms with Crippen LogP contribution in [0.25, 0.3) is 11.3 Å². The van der Waals surface area contributed by atoms with Crippen LogP contribution < -0.4 is 0 Å². The number of halogens is 2. The number of aryl methyl sites for hydroxylation is 1. The molecule has 1 atom stereocenters. The number of fused-ring (bicyclic) bond motifs is 1. The quantitative estimate of drug-likeness (QED) is 0.426. The Bertz CT molecular complexity index is 1140. The SMILES string of the molecule is Cl.O=C(c1ccc(F)cc1)C1CCN(CCC2CCc3onc(-c4ccccc4)c3C2=O)CC1. The smallest absolute Gasteiger partial charge is 0.171 e. The number of likely N-dealkylation sites (tertiary alicyclic amines) is 1. The lowest BCUT2D eigenvalue weighted by Crippen LogP contribution is -2.38. The van der Waals surface area contributed by atoms with E-state index in [9.17, 15) is 14.0 Å². The predicted molar refractivity (Wildman–Crippen MR) is 130 cm³/mol. The molecule has 178 valence electrons. The van der Waals surface area contributed by atoms with Crippen molar-refractivity contribution in [3.63, 3.8) is 0 Å². The minimum atomic E-state index is -0.326. The van der Waals surface area contributed by atoms with Crippen LogP contribution in [-0.4, -0.2) is 41.3 Å². The minimum absolute atomic E-state index is 0. The van der Waals surface area contributed by atoms with Gasteiger partial charge in [0.2, 0.25) is 0 Å². The van der Waals surface area contributed by atoms with Crippen LogP contribution in [0.2, 0.25) is 0 Å². The van der Waals surface area contributed by atoms with E-state index >= 15 is 0 Å². The monoisotopic (exact) mass is 482 g/mol. The van der Waals surface area contributed by atoms with Crippen molar-refractivity contribution in [1.82, 2.24) is 10.1 Å². The van der Waals surface area contributed by atoms with Gasteiger partial charge in [0.05, 0.1) is 5.56 Å². The van der Waals surface area contributed by atoms with Crippen LogP contribution in [-0.2, 0) is 6.42 Å². The number of piperidine rings is 1. The topological polar surface area (TPSA) is 63.4 Å². The average Bonchev–Trinajstić information content (AvgIpc) is 3.30. The van der Waals surface area contributed by atoms with Gasteiger partial charge in [-0.15, -0.1) is 12.4 Å². The molecule has 1 saturated heterocycles. The maximum Gasteiger partial charge on any atom is 0.171 e. The molecule has 0 saturated carbocycles. The van der Waals surface area contributed by atoms with Crippen LogP contribution in [0.15, 0.2) is 59.1 Å². The summed E-state index contributed by atoms with van der Waals surface area (Å²) in [7, 11) is 0. The highest BCUT2D eigenvalue weighted by Gasteiger charge is 2.34. The lowest BCUT2D eigenvalue weighted by atomic mass is 9.82. The molecule has 0 N–H and O–H groups in total. The van der Waals surface area contributed by atoms with Gasteiger partial charge in [-0.1, -0.05) is 35.5 Å². The first kappa shape index (κ1) is 24.3. The second-order valence-electron chi connectivity index (χ2n) is 9.07. The van der Waals surface area contributed by atoms with Gasteiger partial charge >= 0.3 is 0 Å². The number of benzene rings is 2. The molecule has 0 spiro atoms. The lowest BCUT2D eigenvalue weighted by Gasteiger charge is -2.32. The van der Waals surface area contributed by atoms with E-state index in [0.29, 0.717) is 22.6 Å². The van der Waals surface area contributed by atoms with E-state index in [1.54, 1.807) is 12.1 Å². The van der Waals surface area contributed by atoms with Crippen LogP contribution in [0.4, 0.5) is 4.39 Å². The Kier molecular flexibility index (Phi) is 7.59. The number of Topliss-reactive ketones (excluding diaryl/α,β-unsaturated/α-hetero) is 2. The summed E-state index contributed by atoms with van der Waals surface area (Å²) in [6, 6.07) is 15.5. The summed E-state index contributed by atoms with van der Waals surface area (Å²) in [4.78, 5) is 28.3. The molecule has 5 rings (SSSR count). The number of carbonyl (C=O) groups is 2. The van der Waals surface area contributed by atoms with Crippen molar-refractivity contribution in [2.24, 2.45) is 11.8 Å². The predicted octanol–water partition coefficient (Wildman–Crippen LogP) is 5.63. The third-order valence-electron chi connectivity index (χ3n) is 7.03. The van der Waals surface area contributed by atoms with E-state index in [2.05, 4.69) is 10.1 Å². The Morgan fingerprint density at radius 2 is 1.74 bits per heavy atom. The second-order valence-corrected chi connectivity index (χ2v) is 9.07. The Morgan fingerprint density at radius 3 is 2.44 bits per heavy atom. The van der Waals surface area contributed by atoms with Gasteiger partial charge in [0.15, 0.2) is 11.6 Å². The lowest BCUT2D eigenvalue weighted by molar-refractivity contribution is 0.0818. The van der Waals surface area contributed by atoms with Crippen molar-refractivity contribution in [1.29, 1.82) is 0 Å². The van der Waals surface area contributed by atoms with Gasteiger partial charge in [-0.3, -0.25) is 9.59 Å². The van der Waals surface area contributed by atoms with Crippen LogP contribution in [0.3, 0.4) is 0 Å². The minimum Gasteiger partial charge on any atom is -0.360 e. The summed E-state index contributed by atoms with van der Waals surface area (Å²) >= 11 is 0. The second kappa shape index (κ2) is 10.6. The molecule has 5 nitrogen and oxygen atoms in total. The molecule has 2 aliphatic rings. The summed E-state index contributed by atoms with van der Waals surface area (Å²) in [6.45, 7) is 2.52. The van der Waals surface area contributed by atoms with Crippen molar-refractivity contribution >= 4 is 24.0 Å². The maximum atomic E-state index is 13.3. The fourth-order valence-electron chi connectivity index (χ4n) is 5.06. The third-order valence-corrected chi connectivity index (χ3v) is 7.03. The molecule has 7 heteroatoms. The number of aromatic nitrogens is 1. The van der Waals surface area contributed by atoms with Crippen LogP contribution >= 0.6 is 12.4 Å². The van der Waals surface area contributed by atoms with Gasteiger partial charge in [0.1, 0.15) is 17.3 Å². The summed E-state index contributed by atoms with van der Waals surface area (Å²) in [5.74, 6) is 0.570. The van der Waals surface area contributed by atoms with Gasteiger partial charge in [-0.05, 0) is 69.6 Å². The van der Waals surface area contributed by atoms with Gasteiger partial charge in [0, 0.05) is 29.4 Å². The first-order valence-corrected chi connectivity index (χ1v) is 11.7. The number of ketones is 2. The number of hydrogen-bond donors (Lipinski definition) is 0. The van der Waals surface area contributed by atoms with Crippen LogP contribution in [0.5, 0.6) is 0 Å². The van der Waals surface area contributed by atoms with E-state index in [-0.39, 0.29) is 41.6 Å². The first-order valence-electron chi connectivity index (χ1n) is 11.7. The fourth-order valence-corrected chi connectivity index (χ4v) is 5.06. The molecule has 0 bridgehead atoms. The first-order chi connectivity index (χ1) is 16.1. The third kappa shape index (κ3) is 4.98. The molecule has 1 aromatic heterocycles. The Hall–Kier alpha value is -2.83. The van der Waals surface area contributed by atoms with E-state index in [0.717, 1.165) is 57.3 Å². The van der Waals surface area contributed by atoms with Gasteiger partial charge in [0.25, 0.3) is 0 Å². The molecule has 2 aromatic carbocycles. The highest BCUT2D eigenvalue weighted by molar-refractivity contribution is 6.04. The highest BCUT2D eigenvalue weighted by Crippen LogP contribution is 2.35. The molecule has 34 heavy (non-hydrogen) atoms. The highest BCUT2D eigenvalue weighted by atomic mass is 35.5. The summed E-state index contributed by atoms with van der Waals surface area (Å²) in [5.41, 5.74) is 2.80. The van der Waals surface area contributed by atoms with E-state index in [4.69, 9.17) is 4.52 Å². The van der Waals surface area contributed by atoms with Crippen molar-refractivity contribution in [2.75, 3.05) is 19.6 Å². The number of nitrogens with zero attached hydrogens (tertiary/aromatic N) is 2. The zero-order valence-electron chi connectivity index (χ0n) is 18.9. The molecule has 1 fully saturated rings. The number of carbonyl (C=O) groups excluding carboxylic acids is 2. The molecular weight excluding hydrogens is 455 g/mol. The summed E-state index contributed by atoms with van der Waals surface area (Å²) < 4.78 is 18.6. The van der Waals surface area contributed by atoms with Gasteiger partial charge in [-0.2, -0.15) is 0 Å². The largest absolute Gasteiger partial charge is 0.360 e. The fraction of sp³-hybridized carbons (Fsp3) is 0.370. The van der Waals surface area contributed by atoms with Crippen molar-refractivity contribution in [3.05, 3.63) is 77.3 Å². The summed E-state index contributed by atoms with van der Waals surface area (Å²) in [6.07, 6.45) is 3.91. The van der Waals surface area contributed by atoms with Crippen molar-refractivity contribution in [3.8, 4) is 11.3 Å². The van der Waals surface area contributed by atoms with Crippen LogP contribution in [0.1, 0.15) is 52.2 Å². The molecule has 0 amide bonds. The van der Waals surface area contributed by atoms with E-state index < -0.39 is 0 Å².